The molecule has 1 heterocycles. The van der Waals surface area contributed by atoms with Crippen molar-refractivity contribution in [1.82, 2.24) is 0 Å². The van der Waals surface area contributed by atoms with Crippen molar-refractivity contribution >= 4 is 5.78 Å². The molecule has 0 saturated carbocycles. The Morgan fingerprint density at radius 1 is 1.21 bits per heavy atom. The normalized spacial score (nSPS) is 19.5. The average molecular weight is 448 g/mol. The fourth-order valence-electron chi connectivity index (χ4n) is 4.37. The van der Waals surface area contributed by atoms with E-state index in [9.17, 15) is 14.4 Å². The summed E-state index contributed by atoms with van der Waals surface area (Å²) < 4.78 is 31.0. The summed E-state index contributed by atoms with van der Waals surface area (Å²) in [6, 6.07) is 13.7. The topological polar surface area (TPSA) is 94.6 Å². The van der Waals surface area contributed by atoms with Gasteiger partial charge in [0, 0.05) is 24.0 Å². The molecule has 4 rings (SSSR count). The van der Waals surface area contributed by atoms with Crippen molar-refractivity contribution in [3.05, 3.63) is 82.2 Å². The summed E-state index contributed by atoms with van der Waals surface area (Å²) in [6.07, 6.45) is 0.899. The fourth-order valence-corrected chi connectivity index (χ4v) is 4.37. The minimum absolute atomic E-state index is 0.00518. The highest BCUT2D eigenvalue weighted by Gasteiger charge is 2.43. The molecule has 2 aliphatic rings. The minimum atomic E-state index is -0.656. The molecule has 2 aromatic rings. The van der Waals surface area contributed by atoms with E-state index in [-0.39, 0.29) is 35.1 Å². The molecule has 170 valence electrons. The predicted molar refractivity (Wildman–Crippen MR) is 119 cm³/mol. The molecular weight excluding hydrogens is 423 g/mol. The summed E-state index contributed by atoms with van der Waals surface area (Å²) in [5.41, 5.74) is 7.55. The summed E-state index contributed by atoms with van der Waals surface area (Å²) in [4.78, 5) is 13.1. The zero-order chi connectivity index (χ0) is 23.8. The van der Waals surface area contributed by atoms with Crippen LogP contribution in [0.1, 0.15) is 43.7 Å². The lowest BCUT2D eigenvalue weighted by Gasteiger charge is -2.37. The lowest BCUT2D eigenvalue weighted by Crippen LogP contribution is -2.33. The third-order valence-corrected chi connectivity index (χ3v) is 5.94. The molecule has 0 saturated heterocycles. The maximum atomic E-state index is 13.9. The van der Waals surface area contributed by atoms with Gasteiger partial charge in [0.2, 0.25) is 5.88 Å². The Hall–Kier alpha value is -3.79. The van der Waals surface area contributed by atoms with Gasteiger partial charge in [-0.15, -0.1) is 0 Å². The first-order chi connectivity index (χ1) is 15.7. The number of nitriles is 1. The fraction of sp³-hybridized carbons (Fsp3) is 0.308. The van der Waals surface area contributed by atoms with Crippen LogP contribution in [0.4, 0.5) is 4.39 Å². The van der Waals surface area contributed by atoms with E-state index in [0.29, 0.717) is 46.8 Å². The number of benzene rings is 2. The number of Topliss-reactive ketones (excluding diaryl/α,β-unsaturated/α-hetero) is 1. The van der Waals surface area contributed by atoms with Crippen molar-refractivity contribution in [3.63, 3.8) is 0 Å². The van der Waals surface area contributed by atoms with Crippen LogP contribution in [0, 0.1) is 22.6 Å². The number of carbonyl (C=O) groups is 1. The highest BCUT2D eigenvalue weighted by Crippen LogP contribution is 2.48. The molecule has 0 radical (unpaired) electrons. The molecule has 1 aliphatic heterocycles. The van der Waals surface area contributed by atoms with Crippen LogP contribution in [0.15, 0.2) is 65.3 Å². The maximum Gasteiger partial charge on any atom is 0.205 e. The molecule has 0 amide bonds. The van der Waals surface area contributed by atoms with Gasteiger partial charge in [0.25, 0.3) is 0 Å². The number of carbonyl (C=O) groups excluding carboxylic acids is 1. The van der Waals surface area contributed by atoms with E-state index in [4.69, 9.17) is 19.9 Å². The standard InChI is InChI=1S/C26H25FN2O4/c1-26(2)11-19(30)24-22(12-26)33-25(29)17(13-28)23(24)15-8-9-20(21(10-15)31-3)32-14-16-6-4-5-7-18(16)27/h4-10,23H,11-12,14,29H2,1-3H3/t23-/m1/s1. The lowest BCUT2D eigenvalue weighted by molar-refractivity contribution is -0.119. The molecule has 1 atom stereocenters. The molecule has 2 N–H and O–H groups in total. The smallest absolute Gasteiger partial charge is 0.205 e. The Balaban J connectivity index is 1.71. The Kier molecular flexibility index (Phi) is 5.86. The van der Waals surface area contributed by atoms with E-state index in [2.05, 4.69) is 6.07 Å². The van der Waals surface area contributed by atoms with Gasteiger partial charge in [0.1, 0.15) is 29.8 Å². The Labute approximate surface area is 192 Å². The van der Waals surface area contributed by atoms with E-state index >= 15 is 0 Å². The van der Waals surface area contributed by atoms with E-state index in [1.54, 1.807) is 36.4 Å². The van der Waals surface area contributed by atoms with Gasteiger partial charge in [-0.05, 0) is 29.2 Å². The van der Waals surface area contributed by atoms with Crippen molar-refractivity contribution in [3.8, 4) is 17.6 Å². The molecule has 7 heteroatoms. The zero-order valence-electron chi connectivity index (χ0n) is 18.8. The first kappa shape index (κ1) is 22.4. The third kappa shape index (κ3) is 4.29. The number of allylic oxidation sites excluding steroid dienone is 3. The zero-order valence-corrected chi connectivity index (χ0v) is 18.8. The highest BCUT2D eigenvalue weighted by molar-refractivity contribution is 6.00. The number of hydrogen-bond acceptors (Lipinski definition) is 6. The van der Waals surface area contributed by atoms with E-state index in [0.717, 1.165) is 0 Å². The van der Waals surface area contributed by atoms with Crippen LogP contribution in [-0.4, -0.2) is 12.9 Å². The molecular formula is C26H25FN2O4. The Morgan fingerprint density at radius 3 is 2.67 bits per heavy atom. The van der Waals surface area contributed by atoms with Crippen molar-refractivity contribution in [2.45, 2.75) is 39.2 Å². The van der Waals surface area contributed by atoms with Crippen molar-refractivity contribution in [1.29, 1.82) is 5.26 Å². The van der Waals surface area contributed by atoms with Crippen LogP contribution < -0.4 is 15.2 Å². The lowest BCUT2D eigenvalue weighted by atomic mass is 9.70. The van der Waals surface area contributed by atoms with Crippen molar-refractivity contribution in [2.24, 2.45) is 11.1 Å². The molecule has 2 aromatic carbocycles. The van der Waals surface area contributed by atoms with Gasteiger partial charge in [-0.1, -0.05) is 38.1 Å². The molecule has 0 unspecified atom stereocenters. The van der Waals surface area contributed by atoms with Crippen LogP contribution in [0.3, 0.4) is 0 Å². The molecule has 0 fully saturated rings. The molecule has 1 aliphatic carbocycles. The second kappa shape index (κ2) is 8.62. The monoisotopic (exact) mass is 448 g/mol. The van der Waals surface area contributed by atoms with E-state index in [1.165, 1.54) is 13.2 Å². The van der Waals surface area contributed by atoms with Gasteiger partial charge >= 0.3 is 0 Å². The number of nitrogens with zero attached hydrogens (tertiary/aromatic N) is 1. The minimum Gasteiger partial charge on any atom is -0.493 e. The van der Waals surface area contributed by atoms with Gasteiger partial charge in [-0.25, -0.2) is 4.39 Å². The average Bonchev–Trinajstić information content (AvgIpc) is 2.76. The van der Waals surface area contributed by atoms with E-state index < -0.39 is 5.92 Å². The largest absolute Gasteiger partial charge is 0.493 e. The van der Waals surface area contributed by atoms with Crippen molar-refractivity contribution < 1.29 is 23.4 Å². The quantitative estimate of drug-likeness (QED) is 0.702. The van der Waals surface area contributed by atoms with Crippen molar-refractivity contribution in [2.75, 3.05) is 7.11 Å². The summed E-state index contributed by atoms with van der Waals surface area (Å²) in [5.74, 6) is 0.256. The number of ketones is 1. The number of hydrogen-bond donors (Lipinski definition) is 1. The van der Waals surface area contributed by atoms with Crippen LogP contribution in [0.25, 0.3) is 0 Å². The van der Waals surface area contributed by atoms with Gasteiger partial charge in [-0.2, -0.15) is 5.26 Å². The highest BCUT2D eigenvalue weighted by atomic mass is 19.1. The van der Waals surface area contributed by atoms with Gasteiger partial charge in [0.15, 0.2) is 17.3 Å². The first-order valence-electron chi connectivity index (χ1n) is 10.6. The van der Waals surface area contributed by atoms with Crippen LogP contribution in [0.5, 0.6) is 11.5 Å². The summed E-state index contributed by atoms with van der Waals surface area (Å²) in [7, 11) is 1.49. The first-order valence-corrected chi connectivity index (χ1v) is 10.6. The SMILES string of the molecule is COc1cc([C@@H]2C(C#N)=C(N)OC3=C2C(=O)CC(C)(C)C3)ccc1OCc1ccccc1F. The van der Waals surface area contributed by atoms with Gasteiger partial charge in [0.05, 0.1) is 13.0 Å². The summed E-state index contributed by atoms with van der Waals surface area (Å²) in [6.45, 7) is 4.02. The Morgan fingerprint density at radius 2 is 1.97 bits per heavy atom. The maximum absolute atomic E-state index is 13.9. The number of rotatable bonds is 5. The number of halogens is 1. The number of ether oxygens (including phenoxy) is 3. The van der Waals surface area contributed by atoms with Crippen LogP contribution in [-0.2, 0) is 16.1 Å². The van der Waals surface area contributed by atoms with Gasteiger partial charge in [-0.3, -0.25) is 4.79 Å². The predicted octanol–water partition coefficient (Wildman–Crippen LogP) is 4.86. The molecule has 0 aromatic heterocycles. The molecule has 6 nitrogen and oxygen atoms in total. The second-order valence-corrected chi connectivity index (χ2v) is 8.99. The van der Waals surface area contributed by atoms with E-state index in [1.807, 2.05) is 13.8 Å². The van der Waals surface area contributed by atoms with Gasteiger partial charge < -0.3 is 19.9 Å². The summed E-state index contributed by atoms with van der Waals surface area (Å²) in [5, 5.41) is 9.80. The molecule has 33 heavy (non-hydrogen) atoms. The molecule has 0 bridgehead atoms. The second-order valence-electron chi connectivity index (χ2n) is 8.99. The van der Waals surface area contributed by atoms with Crippen LogP contribution >= 0.6 is 0 Å². The third-order valence-electron chi connectivity index (χ3n) is 5.94. The number of methoxy groups -OCH3 is 1. The molecule has 0 spiro atoms. The van der Waals surface area contributed by atoms with Crippen LogP contribution in [0.2, 0.25) is 0 Å². The number of nitrogens with two attached hydrogens (primary N) is 1. The summed E-state index contributed by atoms with van der Waals surface area (Å²) >= 11 is 0. The Bertz CT molecular complexity index is 1220.